The first-order valence-corrected chi connectivity index (χ1v) is 7.26. The number of para-hydroxylation sites is 1. The monoisotopic (exact) mass is 290 g/mol. The van der Waals surface area contributed by atoms with Gasteiger partial charge in [-0.15, -0.1) is 0 Å². The van der Waals surface area contributed by atoms with Gasteiger partial charge in [-0.2, -0.15) is 0 Å². The van der Waals surface area contributed by atoms with Crippen molar-refractivity contribution in [3.63, 3.8) is 0 Å². The Hall–Kier alpha value is -2.65. The van der Waals surface area contributed by atoms with Gasteiger partial charge in [-0.25, -0.2) is 4.98 Å². The van der Waals surface area contributed by atoms with Crippen molar-refractivity contribution in [2.45, 2.75) is 13.0 Å². The van der Waals surface area contributed by atoms with Crippen LogP contribution >= 0.6 is 0 Å². The minimum atomic E-state index is -0.653. The van der Waals surface area contributed by atoms with Crippen molar-refractivity contribution in [3.8, 4) is 0 Å². The highest BCUT2D eigenvalue weighted by atomic mass is 16.3. The van der Waals surface area contributed by atoms with E-state index in [4.69, 9.17) is 0 Å². The van der Waals surface area contributed by atoms with Crippen LogP contribution in [0.25, 0.3) is 0 Å². The molecular weight excluding hydrogens is 272 g/mol. The third-order valence-electron chi connectivity index (χ3n) is 3.58. The molecule has 3 aromatic rings. The second-order valence-corrected chi connectivity index (χ2v) is 5.18. The van der Waals surface area contributed by atoms with E-state index in [1.807, 2.05) is 79.7 Å². The molecule has 0 fully saturated rings. The molecule has 0 aliphatic heterocycles. The zero-order valence-corrected chi connectivity index (χ0v) is 12.4. The molecule has 1 heterocycles. The van der Waals surface area contributed by atoms with Gasteiger partial charge in [0.15, 0.2) is 0 Å². The maximum absolute atomic E-state index is 10.5. The summed E-state index contributed by atoms with van der Waals surface area (Å²) in [5.74, 6) is 0.771. The topological polar surface area (TPSA) is 45.2 Å². The number of aliphatic hydroxyl groups is 1. The van der Waals surface area contributed by atoms with Crippen molar-refractivity contribution in [1.82, 2.24) is 4.98 Å². The molecule has 0 saturated heterocycles. The van der Waals surface area contributed by atoms with E-state index in [2.05, 4.69) is 10.3 Å². The van der Waals surface area contributed by atoms with Gasteiger partial charge >= 0.3 is 0 Å². The Kier molecular flexibility index (Phi) is 4.17. The summed E-state index contributed by atoms with van der Waals surface area (Å²) < 4.78 is 0. The molecule has 0 bridgehead atoms. The van der Waals surface area contributed by atoms with Gasteiger partial charge in [0.25, 0.3) is 0 Å². The number of nitrogens with one attached hydrogen (secondary N) is 1. The number of rotatable bonds is 4. The first-order valence-electron chi connectivity index (χ1n) is 7.26. The van der Waals surface area contributed by atoms with Crippen molar-refractivity contribution >= 4 is 11.5 Å². The fourth-order valence-corrected chi connectivity index (χ4v) is 2.41. The number of aliphatic hydroxyl groups excluding tert-OH is 1. The average Bonchev–Trinajstić information content (AvgIpc) is 2.56. The molecule has 22 heavy (non-hydrogen) atoms. The van der Waals surface area contributed by atoms with Gasteiger partial charge in [-0.1, -0.05) is 54.6 Å². The summed E-state index contributed by atoms with van der Waals surface area (Å²) in [5, 5.41) is 13.8. The van der Waals surface area contributed by atoms with Crippen LogP contribution in [0.1, 0.15) is 22.9 Å². The molecule has 0 amide bonds. The highest BCUT2D eigenvalue weighted by Crippen LogP contribution is 2.25. The van der Waals surface area contributed by atoms with Crippen LogP contribution in [-0.2, 0) is 0 Å². The lowest BCUT2D eigenvalue weighted by molar-refractivity contribution is 0.219. The van der Waals surface area contributed by atoms with Crippen LogP contribution in [0, 0.1) is 6.92 Å². The number of anilines is 2. The average molecular weight is 290 g/mol. The smallest absolute Gasteiger partial charge is 0.130 e. The Morgan fingerprint density at radius 3 is 2.14 bits per heavy atom. The third-order valence-corrected chi connectivity index (χ3v) is 3.58. The molecule has 0 spiro atoms. The quantitative estimate of drug-likeness (QED) is 0.756. The Labute approximate surface area is 130 Å². The van der Waals surface area contributed by atoms with Crippen molar-refractivity contribution in [1.29, 1.82) is 0 Å². The minimum Gasteiger partial charge on any atom is -0.384 e. The minimum absolute atomic E-state index is 0.653. The fraction of sp³-hybridized carbons (Fsp3) is 0.105. The maximum atomic E-state index is 10.5. The van der Waals surface area contributed by atoms with Gasteiger partial charge in [0, 0.05) is 16.9 Å². The van der Waals surface area contributed by atoms with Gasteiger partial charge in [0.05, 0.1) is 0 Å². The summed E-state index contributed by atoms with van der Waals surface area (Å²) in [6.07, 6.45) is -0.653. The summed E-state index contributed by atoms with van der Waals surface area (Å²) >= 11 is 0. The van der Waals surface area contributed by atoms with Crippen LogP contribution in [0.5, 0.6) is 0 Å². The Morgan fingerprint density at radius 2 is 1.50 bits per heavy atom. The molecular formula is C19H18N2O. The zero-order valence-electron chi connectivity index (χ0n) is 12.4. The van der Waals surface area contributed by atoms with Gasteiger partial charge in [-0.3, -0.25) is 0 Å². The van der Waals surface area contributed by atoms with E-state index in [1.54, 1.807) is 0 Å². The normalized spacial score (nSPS) is 11.9. The van der Waals surface area contributed by atoms with Crippen LogP contribution in [0.3, 0.4) is 0 Å². The summed E-state index contributed by atoms with van der Waals surface area (Å²) in [6.45, 7) is 1.91. The van der Waals surface area contributed by atoms with Gasteiger partial charge < -0.3 is 10.4 Å². The van der Waals surface area contributed by atoms with E-state index in [1.165, 1.54) is 0 Å². The molecule has 0 aliphatic carbocycles. The number of aryl methyl sites for hydroxylation is 1. The summed E-state index contributed by atoms with van der Waals surface area (Å²) in [4.78, 5) is 4.54. The van der Waals surface area contributed by atoms with Crippen molar-refractivity contribution in [3.05, 3.63) is 89.6 Å². The first-order chi connectivity index (χ1) is 10.7. The van der Waals surface area contributed by atoms with Gasteiger partial charge in [0.2, 0.25) is 0 Å². The van der Waals surface area contributed by atoms with Crippen LogP contribution in [0.15, 0.2) is 72.8 Å². The summed E-state index contributed by atoms with van der Waals surface area (Å²) in [5.41, 5.74) is 3.50. The lowest BCUT2D eigenvalue weighted by atomic mass is 10.0. The van der Waals surface area contributed by atoms with Crippen molar-refractivity contribution in [2.75, 3.05) is 5.32 Å². The van der Waals surface area contributed by atoms with E-state index < -0.39 is 6.10 Å². The molecule has 110 valence electrons. The molecule has 0 radical (unpaired) electrons. The van der Waals surface area contributed by atoms with E-state index in [-0.39, 0.29) is 0 Å². The number of pyridine rings is 1. The maximum Gasteiger partial charge on any atom is 0.130 e. The van der Waals surface area contributed by atoms with Gasteiger partial charge in [-0.05, 0) is 30.7 Å². The van der Waals surface area contributed by atoms with Crippen LogP contribution in [0.4, 0.5) is 11.5 Å². The fourth-order valence-electron chi connectivity index (χ4n) is 2.41. The Morgan fingerprint density at radius 1 is 0.864 bits per heavy atom. The molecule has 0 aliphatic rings. The Bertz CT molecular complexity index is 742. The highest BCUT2D eigenvalue weighted by Gasteiger charge is 2.13. The second-order valence-electron chi connectivity index (χ2n) is 5.18. The zero-order chi connectivity index (χ0) is 15.4. The number of aromatic nitrogens is 1. The highest BCUT2D eigenvalue weighted by molar-refractivity contribution is 5.56. The molecule has 3 rings (SSSR count). The third kappa shape index (κ3) is 3.15. The number of hydrogen-bond donors (Lipinski definition) is 2. The molecule has 1 aromatic heterocycles. The summed E-state index contributed by atoms with van der Waals surface area (Å²) in [6, 6.07) is 23.3. The predicted molar refractivity (Wildman–Crippen MR) is 89.2 cm³/mol. The molecule has 2 N–H and O–H groups in total. The molecule has 2 aromatic carbocycles. The van der Waals surface area contributed by atoms with Crippen LogP contribution in [-0.4, -0.2) is 10.1 Å². The summed E-state index contributed by atoms with van der Waals surface area (Å²) in [7, 11) is 0. The SMILES string of the molecule is Cc1nc(Nc2ccccc2)ccc1[C@H](O)c1ccccc1. The number of hydrogen-bond acceptors (Lipinski definition) is 3. The van der Waals surface area contributed by atoms with E-state index >= 15 is 0 Å². The van der Waals surface area contributed by atoms with Crippen molar-refractivity contribution in [2.24, 2.45) is 0 Å². The number of benzene rings is 2. The van der Waals surface area contributed by atoms with Crippen LogP contribution in [0.2, 0.25) is 0 Å². The first kappa shape index (κ1) is 14.3. The van der Waals surface area contributed by atoms with E-state index in [0.29, 0.717) is 0 Å². The van der Waals surface area contributed by atoms with Crippen molar-refractivity contribution < 1.29 is 5.11 Å². The van der Waals surface area contributed by atoms with E-state index in [9.17, 15) is 5.11 Å². The largest absolute Gasteiger partial charge is 0.384 e. The second kappa shape index (κ2) is 6.41. The standard InChI is InChI=1S/C19H18N2O/c1-14-17(19(22)15-8-4-2-5-9-15)12-13-18(20-14)21-16-10-6-3-7-11-16/h2-13,19,22H,1H3,(H,20,21)/t19-/m1/s1. The lowest BCUT2D eigenvalue weighted by Gasteiger charge is -2.15. The molecule has 0 unspecified atom stereocenters. The molecule has 1 atom stereocenters. The predicted octanol–water partition coefficient (Wildman–Crippen LogP) is 4.22. The van der Waals surface area contributed by atoms with E-state index in [0.717, 1.165) is 28.3 Å². The van der Waals surface area contributed by atoms with Gasteiger partial charge in [0.1, 0.15) is 11.9 Å². The molecule has 0 saturated carbocycles. The number of nitrogens with zero attached hydrogens (tertiary/aromatic N) is 1. The lowest BCUT2D eigenvalue weighted by Crippen LogP contribution is -2.05. The van der Waals surface area contributed by atoms with Crippen LogP contribution < -0.4 is 5.32 Å². The Balaban J connectivity index is 1.83. The molecule has 3 heteroatoms. The molecule has 3 nitrogen and oxygen atoms in total.